The van der Waals surface area contributed by atoms with Gasteiger partial charge in [-0.15, -0.1) is 0 Å². The van der Waals surface area contributed by atoms with E-state index in [1.54, 1.807) is 72.1 Å². The minimum absolute atomic E-state index is 0.0788. The van der Waals surface area contributed by atoms with Crippen molar-refractivity contribution in [1.29, 1.82) is 0 Å². The SMILES string of the molecule is O=C(Nc1cccc(NC(=O)[C@H]2CC(=O)N(Cc3ccco3)C2)c1)c1ccncc1. The number of pyridine rings is 1. The summed E-state index contributed by atoms with van der Waals surface area (Å²) in [6, 6.07) is 13.7. The Bertz CT molecular complexity index is 1050. The number of likely N-dealkylation sites (tertiary alicyclic amines) is 1. The maximum Gasteiger partial charge on any atom is 0.255 e. The Hall–Kier alpha value is -3.94. The predicted octanol–water partition coefficient (Wildman–Crippen LogP) is 2.91. The molecule has 30 heavy (non-hydrogen) atoms. The van der Waals surface area contributed by atoms with E-state index in [0.717, 1.165) is 0 Å². The van der Waals surface area contributed by atoms with E-state index in [1.165, 1.54) is 0 Å². The first-order valence-corrected chi connectivity index (χ1v) is 9.51. The van der Waals surface area contributed by atoms with Crippen LogP contribution in [0.15, 0.2) is 71.6 Å². The van der Waals surface area contributed by atoms with Crippen LogP contribution in [0.3, 0.4) is 0 Å². The predicted molar refractivity (Wildman–Crippen MR) is 109 cm³/mol. The third-order valence-electron chi connectivity index (χ3n) is 4.84. The van der Waals surface area contributed by atoms with E-state index >= 15 is 0 Å². The molecule has 4 rings (SSSR count). The minimum Gasteiger partial charge on any atom is -0.467 e. The van der Waals surface area contributed by atoms with Crippen molar-refractivity contribution in [3.05, 3.63) is 78.5 Å². The molecular formula is C22H20N4O4. The quantitative estimate of drug-likeness (QED) is 0.657. The van der Waals surface area contributed by atoms with Gasteiger partial charge in [-0.05, 0) is 42.5 Å². The third-order valence-corrected chi connectivity index (χ3v) is 4.84. The van der Waals surface area contributed by atoms with E-state index < -0.39 is 5.92 Å². The highest BCUT2D eigenvalue weighted by Gasteiger charge is 2.34. The highest BCUT2D eigenvalue weighted by Crippen LogP contribution is 2.23. The standard InChI is InChI=1S/C22H20N4O4/c27-20-11-16(13-26(20)14-19-5-2-10-30-19)22(29)25-18-4-1-3-17(12-18)24-21(28)15-6-8-23-9-7-15/h1-10,12,16H,11,13-14H2,(H,24,28)(H,25,29)/t16-/m0/s1. The van der Waals surface area contributed by atoms with Gasteiger partial charge < -0.3 is 20.0 Å². The molecule has 0 aliphatic carbocycles. The lowest BCUT2D eigenvalue weighted by molar-refractivity contribution is -0.128. The fraction of sp³-hybridized carbons (Fsp3) is 0.182. The molecule has 1 aliphatic heterocycles. The molecule has 0 bridgehead atoms. The lowest BCUT2D eigenvalue weighted by Gasteiger charge is -2.15. The lowest BCUT2D eigenvalue weighted by atomic mass is 10.1. The van der Waals surface area contributed by atoms with E-state index in [0.29, 0.717) is 35.8 Å². The minimum atomic E-state index is -0.442. The van der Waals surface area contributed by atoms with Crippen LogP contribution in [0.4, 0.5) is 11.4 Å². The van der Waals surface area contributed by atoms with Gasteiger partial charge in [-0.1, -0.05) is 6.07 Å². The number of amides is 3. The Morgan fingerprint density at radius 2 is 1.83 bits per heavy atom. The molecule has 1 fully saturated rings. The molecule has 1 aliphatic rings. The molecule has 3 aromatic rings. The molecule has 0 spiro atoms. The number of aromatic nitrogens is 1. The van der Waals surface area contributed by atoms with Crippen LogP contribution in [0.2, 0.25) is 0 Å². The van der Waals surface area contributed by atoms with Crippen LogP contribution < -0.4 is 10.6 Å². The smallest absolute Gasteiger partial charge is 0.255 e. The number of hydrogen-bond donors (Lipinski definition) is 2. The van der Waals surface area contributed by atoms with Gasteiger partial charge in [0.15, 0.2) is 0 Å². The van der Waals surface area contributed by atoms with Crippen LogP contribution in [-0.2, 0) is 16.1 Å². The number of anilines is 2. The molecule has 2 aromatic heterocycles. The second kappa shape index (κ2) is 8.60. The van der Waals surface area contributed by atoms with Gasteiger partial charge in [0.25, 0.3) is 5.91 Å². The van der Waals surface area contributed by atoms with Gasteiger partial charge in [-0.25, -0.2) is 0 Å². The summed E-state index contributed by atoms with van der Waals surface area (Å²) < 4.78 is 5.28. The van der Waals surface area contributed by atoms with Crippen LogP contribution in [0, 0.1) is 5.92 Å². The number of furan rings is 1. The van der Waals surface area contributed by atoms with Gasteiger partial charge in [0.1, 0.15) is 5.76 Å². The van der Waals surface area contributed by atoms with Crippen molar-refractivity contribution in [3.63, 3.8) is 0 Å². The monoisotopic (exact) mass is 404 g/mol. The van der Waals surface area contributed by atoms with E-state index in [9.17, 15) is 14.4 Å². The van der Waals surface area contributed by atoms with Gasteiger partial charge in [0.05, 0.1) is 18.7 Å². The average molecular weight is 404 g/mol. The molecule has 152 valence electrons. The molecule has 3 amide bonds. The summed E-state index contributed by atoms with van der Waals surface area (Å²) in [5.74, 6) is -0.340. The average Bonchev–Trinajstić information content (AvgIpc) is 3.39. The van der Waals surface area contributed by atoms with Crippen molar-refractivity contribution in [2.75, 3.05) is 17.2 Å². The largest absolute Gasteiger partial charge is 0.467 e. The molecule has 3 heterocycles. The molecule has 2 N–H and O–H groups in total. The van der Waals surface area contributed by atoms with Crippen molar-refractivity contribution in [2.45, 2.75) is 13.0 Å². The Balaban J connectivity index is 1.36. The zero-order chi connectivity index (χ0) is 20.9. The highest BCUT2D eigenvalue weighted by molar-refractivity contribution is 6.04. The summed E-state index contributed by atoms with van der Waals surface area (Å²) in [4.78, 5) is 42.7. The fourth-order valence-corrected chi connectivity index (χ4v) is 3.32. The van der Waals surface area contributed by atoms with Crippen LogP contribution in [0.25, 0.3) is 0 Å². The van der Waals surface area contributed by atoms with Crippen molar-refractivity contribution < 1.29 is 18.8 Å². The normalized spacial score (nSPS) is 15.8. The van der Waals surface area contributed by atoms with Crippen LogP contribution in [-0.4, -0.2) is 34.2 Å². The molecule has 8 heteroatoms. The molecule has 8 nitrogen and oxygen atoms in total. The van der Waals surface area contributed by atoms with Gasteiger partial charge in [0, 0.05) is 42.3 Å². The van der Waals surface area contributed by atoms with E-state index in [1.807, 2.05) is 0 Å². The Morgan fingerprint density at radius 1 is 1.07 bits per heavy atom. The van der Waals surface area contributed by atoms with Crippen molar-refractivity contribution in [1.82, 2.24) is 9.88 Å². The second-order valence-electron chi connectivity index (χ2n) is 7.01. The number of carbonyl (C=O) groups excluding carboxylic acids is 3. The summed E-state index contributed by atoms with van der Waals surface area (Å²) in [7, 11) is 0. The number of rotatable bonds is 6. The summed E-state index contributed by atoms with van der Waals surface area (Å²) in [6.07, 6.45) is 4.80. The number of carbonyl (C=O) groups is 3. The maximum absolute atomic E-state index is 12.7. The zero-order valence-corrected chi connectivity index (χ0v) is 16.1. The van der Waals surface area contributed by atoms with Crippen LogP contribution in [0.5, 0.6) is 0 Å². The van der Waals surface area contributed by atoms with Crippen LogP contribution >= 0.6 is 0 Å². The topological polar surface area (TPSA) is 105 Å². The lowest BCUT2D eigenvalue weighted by Crippen LogP contribution is -2.27. The maximum atomic E-state index is 12.7. The summed E-state index contributed by atoms with van der Waals surface area (Å²) in [5, 5.41) is 5.62. The number of nitrogens with zero attached hydrogens (tertiary/aromatic N) is 2. The fourth-order valence-electron chi connectivity index (χ4n) is 3.32. The molecule has 0 saturated carbocycles. The summed E-state index contributed by atoms with van der Waals surface area (Å²) in [5.41, 5.74) is 1.58. The van der Waals surface area contributed by atoms with E-state index in [-0.39, 0.29) is 24.1 Å². The second-order valence-corrected chi connectivity index (χ2v) is 7.01. The molecule has 1 saturated heterocycles. The Labute approximate surface area is 172 Å². The van der Waals surface area contributed by atoms with Crippen LogP contribution in [0.1, 0.15) is 22.5 Å². The van der Waals surface area contributed by atoms with Crippen molar-refractivity contribution >= 4 is 29.1 Å². The van der Waals surface area contributed by atoms with Crippen molar-refractivity contribution in [3.8, 4) is 0 Å². The van der Waals surface area contributed by atoms with Gasteiger partial charge in [-0.3, -0.25) is 19.4 Å². The number of hydrogen-bond acceptors (Lipinski definition) is 5. The van der Waals surface area contributed by atoms with E-state index in [4.69, 9.17) is 4.42 Å². The summed E-state index contributed by atoms with van der Waals surface area (Å²) >= 11 is 0. The summed E-state index contributed by atoms with van der Waals surface area (Å²) in [6.45, 7) is 0.690. The first-order chi connectivity index (χ1) is 14.6. The number of nitrogens with one attached hydrogen (secondary N) is 2. The Kier molecular flexibility index (Phi) is 5.56. The van der Waals surface area contributed by atoms with Gasteiger partial charge in [-0.2, -0.15) is 0 Å². The van der Waals surface area contributed by atoms with Crippen molar-refractivity contribution in [2.24, 2.45) is 5.92 Å². The molecule has 0 unspecified atom stereocenters. The van der Waals surface area contributed by atoms with E-state index in [2.05, 4.69) is 15.6 Å². The molecule has 1 atom stereocenters. The first-order valence-electron chi connectivity index (χ1n) is 9.51. The zero-order valence-electron chi connectivity index (χ0n) is 16.1. The highest BCUT2D eigenvalue weighted by atomic mass is 16.3. The Morgan fingerprint density at radius 3 is 2.57 bits per heavy atom. The molecule has 0 radical (unpaired) electrons. The number of benzene rings is 1. The first kappa shape index (κ1) is 19.4. The molecule has 1 aromatic carbocycles. The van der Waals surface area contributed by atoms with Gasteiger partial charge in [0.2, 0.25) is 11.8 Å². The molecular weight excluding hydrogens is 384 g/mol. The van der Waals surface area contributed by atoms with Gasteiger partial charge >= 0.3 is 0 Å². The third kappa shape index (κ3) is 4.54.